The fraction of sp³-hybridized carbons (Fsp3) is 0.900. The normalized spacial score (nSPS) is 10.9. The number of aliphatic carboxylic acids is 1. The van der Waals surface area contributed by atoms with Crippen LogP contribution in [0.4, 0.5) is 0 Å². The highest BCUT2D eigenvalue weighted by Gasteiger charge is 2.04. The van der Waals surface area contributed by atoms with Gasteiger partial charge in [0, 0.05) is 20.6 Å². The first-order valence-electron chi connectivity index (χ1n) is 5.10. The highest BCUT2D eigenvalue weighted by molar-refractivity contribution is 5.65. The lowest BCUT2D eigenvalue weighted by Crippen LogP contribution is -2.45. The van der Waals surface area contributed by atoms with Gasteiger partial charge in [-0.1, -0.05) is 6.92 Å². The van der Waals surface area contributed by atoms with Gasteiger partial charge in [0.05, 0.1) is 27.1 Å². The summed E-state index contributed by atoms with van der Waals surface area (Å²) in [6.45, 7) is 3.30. The number of hydrazine groups is 1. The van der Waals surface area contributed by atoms with Gasteiger partial charge >= 0.3 is 0 Å². The van der Waals surface area contributed by atoms with E-state index >= 15 is 0 Å². The lowest BCUT2D eigenvalue weighted by molar-refractivity contribution is -0.864. The van der Waals surface area contributed by atoms with Gasteiger partial charge in [-0.15, -0.1) is 0 Å². The Morgan fingerprint density at radius 3 is 1.87 bits per heavy atom. The summed E-state index contributed by atoms with van der Waals surface area (Å²) in [5, 5.41) is 11.8. The summed E-state index contributed by atoms with van der Waals surface area (Å²) in [6, 6.07) is 0. The van der Waals surface area contributed by atoms with Gasteiger partial charge in [-0.3, -0.25) is 10.4 Å². The molecule has 1 N–H and O–H groups in total. The first-order chi connectivity index (χ1) is 6.69. The van der Waals surface area contributed by atoms with Crippen LogP contribution >= 0.6 is 0 Å². The standard InChI is InChI=1S/C5H14N2.C5H11NO2/c1-4-5-6-7(2)3;1-6(2,3)4-5(7)8/h6H,4-5H2,1-3H3;4H2,1-3H3. The van der Waals surface area contributed by atoms with Crippen LogP contribution in [0.15, 0.2) is 0 Å². The van der Waals surface area contributed by atoms with E-state index in [9.17, 15) is 9.90 Å². The molecule has 5 nitrogen and oxygen atoms in total. The maximum Gasteiger partial charge on any atom is 0.118 e. The number of carbonyl (C=O) groups is 1. The van der Waals surface area contributed by atoms with Crippen molar-refractivity contribution in [2.24, 2.45) is 0 Å². The third-order valence-electron chi connectivity index (χ3n) is 1.28. The average Bonchev–Trinajstić information content (AvgIpc) is 1.96. The number of nitrogens with one attached hydrogen (secondary N) is 1. The molecule has 0 saturated carbocycles. The molecule has 0 saturated heterocycles. The van der Waals surface area contributed by atoms with Crippen LogP contribution in [-0.4, -0.2) is 63.8 Å². The number of hydrogen-bond acceptors (Lipinski definition) is 4. The molecule has 0 rings (SSSR count). The van der Waals surface area contributed by atoms with E-state index in [0.29, 0.717) is 4.48 Å². The van der Waals surface area contributed by atoms with Gasteiger partial charge in [0.25, 0.3) is 0 Å². The summed E-state index contributed by atoms with van der Waals surface area (Å²) in [5.41, 5.74) is 3.13. The molecule has 15 heavy (non-hydrogen) atoms. The SMILES string of the molecule is CCCNN(C)C.C[N+](C)(C)CC(=O)[O-]. The summed E-state index contributed by atoms with van der Waals surface area (Å²) < 4.78 is 0.419. The van der Waals surface area contributed by atoms with Crippen molar-refractivity contribution in [3.8, 4) is 0 Å². The van der Waals surface area contributed by atoms with Crippen LogP contribution in [0.25, 0.3) is 0 Å². The van der Waals surface area contributed by atoms with Gasteiger partial charge in [0.15, 0.2) is 0 Å². The number of likely N-dealkylation sites (N-methyl/N-ethyl adjacent to an activating group) is 1. The van der Waals surface area contributed by atoms with Gasteiger partial charge < -0.3 is 14.4 Å². The van der Waals surface area contributed by atoms with Crippen LogP contribution in [0.1, 0.15) is 13.3 Å². The summed E-state index contributed by atoms with van der Waals surface area (Å²) in [6.07, 6.45) is 1.19. The molecule has 0 aromatic rings. The number of rotatable bonds is 5. The molecule has 0 heterocycles. The molecule has 5 heteroatoms. The lowest BCUT2D eigenvalue weighted by atomic mass is 10.5. The van der Waals surface area contributed by atoms with Crippen molar-refractivity contribution >= 4 is 5.97 Å². The molecule has 0 fully saturated rings. The lowest BCUT2D eigenvalue weighted by Gasteiger charge is -2.23. The number of hydrogen-bond donors (Lipinski definition) is 1. The number of carboxylic acid groups (broad SMARTS) is 1. The van der Waals surface area contributed by atoms with E-state index < -0.39 is 5.97 Å². The van der Waals surface area contributed by atoms with Crippen molar-refractivity contribution in [3.63, 3.8) is 0 Å². The number of carbonyl (C=O) groups excluding carboxylic acids is 1. The summed E-state index contributed by atoms with van der Waals surface area (Å²) in [5.74, 6) is -1.00. The van der Waals surface area contributed by atoms with Crippen molar-refractivity contribution < 1.29 is 14.4 Å². The first kappa shape index (κ1) is 16.8. The molecule has 0 aliphatic rings. The van der Waals surface area contributed by atoms with E-state index in [2.05, 4.69) is 12.3 Å². The first-order valence-corrected chi connectivity index (χ1v) is 5.10. The second-order valence-corrected chi connectivity index (χ2v) is 4.62. The highest BCUT2D eigenvalue weighted by Crippen LogP contribution is 1.84. The second-order valence-electron chi connectivity index (χ2n) is 4.62. The fourth-order valence-corrected chi connectivity index (χ4v) is 0.723. The molecule has 0 aliphatic heterocycles. The Bertz CT molecular complexity index is 165. The zero-order valence-corrected chi connectivity index (χ0v) is 10.8. The Hall–Kier alpha value is -0.650. The molecule has 0 aliphatic carbocycles. The van der Waals surface area contributed by atoms with Crippen molar-refractivity contribution in [1.29, 1.82) is 0 Å². The zero-order chi connectivity index (χ0) is 12.5. The molecule has 0 radical (unpaired) electrons. The topological polar surface area (TPSA) is 55.4 Å². The van der Waals surface area contributed by atoms with Crippen LogP contribution < -0.4 is 10.5 Å². The van der Waals surface area contributed by atoms with Gasteiger partial charge in [-0.2, -0.15) is 0 Å². The molecule has 0 amide bonds. The molecule has 0 spiro atoms. The largest absolute Gasteiger partial charge is 0.544 e. The molecule has 0 unspecified atom stereocenters. The van der Waals surface area contributed by atoms with Gasteiger partial charge in [-0.25, -0.2) is 0 Å². The average molecular weight is 219 g/mol. The molecule has 92 valence electrons. The van der Waals surface area contributed by atoms with E-state index in [1.807, 2.05) is 19.1 Å². The smallest absolute Gasteiger partial charge is 0.118 e. The highest BCUT2D eigenvalue weighted by atomic mass is 16.4. The summed E-state index contributed by atoms with van der Waals surface area (Å²) in [7, 11) is 9.40. The molecular weight excluding hydrogens is 194 g/mol. The monoisotopic (exact) mass is 219 g/mol. The number of quaternary nitrogens is 1. The third kappa shape index (κ3) is 24.7. The minimum atomic E-state index is -1.00. The fourth-order valence-electron chi connectivity index (χ4n) is 0.723. The molecule has 0 atom stereocenters. The second kappa shape index (κ2) is 8.64. The van der Waals surface area contributed by atoms with E-state index in [4.69, 9.17) is 0 Å². The van der Waals surface area contributed by atoms with Crippen LogP contribution in [0.2, 0.25) is 0 Å². The van der Waals surface area contributed by atoms with Gasteiger partial charge in [0.1, 0.15) is 6.54 Å². The molecule has 0 aromatic heterocycles. The van der Waals surface area contributed by atoms with Gasteiger partial charge in [-0.05, 0) is 6.42 Å². The predicted octanol–water partition coefficient (Wildman–Crippen LogP) is -1.09. The quantitative estimate of drug-likeness (QED) is 0.471. The van der Waals surface area contributed by atoms with Crippen molar-refractivity contribution in [2.45, 2.75) is 13.3 Å². The Morgan fingerprint density at radius 1 is 1.33 bits per heavy atom. The zero-order valence-electron chi connectivity index (χ0n) is 10.8. The van der Waals surface area contributed by atoms with Crippen LogP contribution in [-0.2, 0) is 4.79 Å². The number of carboxylic acids is 1. The van der Waals surface area contributed by atoms with Crippen molar-refractivity contribution in [3.05, 3.63) is 0 Å². The minimum Gasteiger partial charge on any atom is -0.544 e. The van der Waals surface area contributed by atoms with E-state index in [0.717, 1.165) is 6.54 Å². The van der Waals surface area contributed by atoms with Crippen LogP contribution in [0.3, 0.4) is 0 Å². The summed E-state index contributed by atoms with van der Waals surface area (Å²) in [4.78, 5) is 9.89. The molecular formula is C10H25N3O2. The maximum atomic E-state index is 9.89. The predicted molar refractivity (Wildman–Crippen MR) is 59.9 cm³/mol. The Morgan fingerprint density at radius 2 is 1.80 bits per heavy atom. The molecule has 0 aromatic carbocycles. The Balaban J connectivity index is 0. The Labute approximate surface area is 93.2 Å². The van der Waals surface area contributed by atoms with Crippen LogP contribution in [0, 0.1) is 0 Å². The summed E-state index contributed by atoms with van der Waals surface area (Å²) >= 11 is 0. The maximum absolute atomic E-state index is 9.89. The van der Waals surface area contributed by atoms with Crippen LogP contribution in [0.5, 0.6) is 0 Å². The third-order valence-corrected chi connectivity index (χ3v) is 1.28. The molecule has 0 bridgehead atoms. The number of nitrogens with zero attached hydrogens (tertiary/aromatic N) is 2. The van der Waals surface area contributed by atoms with E-state index in [-0.39, 0.29) is 6.54 Å². The Kier molecular flexibility index (Phi) is 9.66. The van der Waals surface area contributed by atoms with E-state index in [1.54, 1.807) is 21.1 Å². The minimum absolute atomic E-state index is 0.0694. The van der Waals surface area contributed by atoms with Crippen molar-refractivity contribution in [2.75, 3.05) is 48.3 Å². The van der Waals surface area contributed by atoms with Gasteiger partial charge in [0.2, 0.25) is 0 Å². The van der Waals surface area contributed by atoms with Crippen molar-refractivity contribution in [1.82, 2.24) is 10.4 Å². The van der Waals surface area contributed by atoms with E-state index in [1.165, 1.54) is 6.42 Å².